The molecule has 4 aromatic rings. The number of rotatable bonds is 3. The van der Waals surface area contributed by atoms with Crippen molar-refractivity contribution in [2.24, 2.45) is 0 Å². The van der Waals surface area contributed by atoms with Crippen LogP contribution in [-0.2, 0) is 6.42 Å². The van der Waals surface area contributed by atoms with Crippen molar-refractivity contribution in [3.63, 3.8) is 0 Å². The smallest absolute Gasteiger partial charge is 0.386 e. The zero-order valence-electron chi connectivity index (χ0n) is 11.9. The van der Waals surface area contributed by atoms with Crippen molar-refractivity contribution in [3.8, 4) is 11.6 Å². The third-order valence-corrected chi connectivity index (χ3v) is 3.57. The predicted octanol–water partition coefficient (Wildman–Crippen LogP) is 2.41. The molecule has 0 aliphatic carbocycles. The molecule has 3 heterocycles. The van der Waals surface area contributed by atoms with Crippen LogP contribution in [0.25, 0.3) is 17.1 Å². The van der Waals surface area contributed by atoms with Crippen molar-refractivity contribution in [3.05, 3.63) is 76.4 Å². The number of fused-ring (bicyclic) bond motifs is 1. The van der Waals surface area contributed by atoms with Gasteiger partial charge in [-0.1, -0.05) is 24.3 Å². The molecule has 0 spiro atoms. The SMILES string of the molecule is O=c1[nH]nc(-c2nc(Cc3ccccc3F)n3ccccc23)o1. The monoisotopic (exact) mass is 310 g/mol. The number of hydrogen-bond acceptors (Lipinski definition) is 4. The third kappa shape index (κ3) is 2.32. The van der Waals surface area contributed by atoms with Gasteiger partial charge in [0, 0.05) is 12.6 Å². The lowest BCUT2D eigenvalue weighted by molar-refractivity contribution is 0.526. The van der Waals surface area contributed by atoms with Gasteiger partial charge in [0.2, 0.25) is 0 Å². The van der Waals surface area contributed by atoms with E-state index in [2.05, 4.69) is 15.2 Å². The second kappa shape index (κ2) is 5.20. The van der Waals surface area contributed by atoms with Crippen LogP contribution in [0.15, 0.2) is 57.9 Å². The van der Waals surface area contributed by atoms with E-state index >= 15 is 0 Å². The van der Waals surface area contributed by atoms with Gasteiger partial charge >= 0.3 is 5.76 Å². The molecule has 0 fully saturated rings. The van der Waals surface area contributed by atoms with Crippen molar-refractivity contribution in [1.82, 2.24) is 19.6 Å². The Morgan fingerprint density at radius 2 is 2.00 bits per heavy atom. The molecule has 0 saturated heterocycles. The first-order chi connectivity index (χ1) is 11.2. The number of H-pyrrole nitrogens is 1. The Morgan fingerprint density at radius 3 is 2.78 bits per heavy atom. The number of benzene rings is 1. The second-order valence-corrected chi connectivity index (χ2v) is 5.02. The lowest BCUT2D eigenvalue weighted by Crippen LogP contribution is -1.98. The van der Waals surface area contributed by atoms with Gasteiger partial charge in [0.25, 0.3) is 5.89 Å². The van der Waals surface area contributed by atoms with Gasteiger partial charge in [0.1, 0.15) is 11.6 Å². The van der Waals surface area contributed by atoms with Gasteiger partial charge in [-0.3, -0.25) is 0 Å². The molecule has 0 unspecified atom stereocenters. The van der Waals surface area contributed by atoms with Crippen molar-refractivity contribution in [2.75, 3.05) is 0 Å². The summed E-state index contributed by atoms with van der Waals surface area (Å²) in [5.74, 6) is -0.189. The first-order valence-electron chi connectivity index (χ1n) is 6.97. The van der Waals surface area contributed by atoms with Crippen LogP contribution in [0.2, 0.25) is 0 Å². The number of aromatic nitrogens is 4. The molecular weight excluding hydrogens is 299 g/mol. The molecule has 114 valence electrons. The maximum absolute atomic E-state index is 13.9. The minimum Gasteiger partial charge on any atom is -0.386 e. The summed E-state index contributed by atoms with van der Waals surface area (Å²) in [6.07, 6.45) is 2.14. The average Bonchev–Trinajstić information content (AvgIpc) is 3.14. The lowest BCUT2D eigenvalue weighted by Gasteiger charge is -2.02. The molecule has 7 heteroatoms. The van der Waals surface area contributed by atoms with Crippen LogP contribution in [0.4, 0.5) is 4.39 Å². The van der Waals surface area contributed by atoms with Crippen LogP contribution in [-0.4, -0.2) is 19.6 Å². The summed E-state index contributed by atoms with van der Waals surface area (Å²) in [7, 11) is 0. The van der Waals surface area contributed by atoms with E-state index in [9.17, 15) is 9.18 Å². The van der Waals surface area contributed by atoms with Crippen LogP contribution in [0.1, 0.15) is 11.4 Å². The van der Waals surface area contributed by atoms with Gasteiger partial charge in [-0.15, -0.1) is 5.10 Å². The lowest BCUT2D eigenvalue weighted by atomic mass is 10.1. The van der Waals surface area contributed by atoms with Gasteiger partial charge in [-0.2, -0.15) is 0 Å². The Hall–Kier alpha value is -3.22. The summed E-state index contributed by atoms with van der Waals surface area (Å²) in [5, 5.41) is 6.04. The summed E-state index contributed by atoms with van der Waals surface area (Å²) < 4.78 is 20.7. The highest BCUT2D eigenvalue weighted by Crippen LogP contribution is 2.24. The number of imidazole rings is 1. The molecular formula is C16H11FN4O2. The molecule has 0 aliphatic heterocycles. The Kier molecular flexibility index (Phi) is 3.04. The van der Waals surface area contributed by atoms with Gasteiger partial charge in [0.05, 0.1) is 5.52 Å². The second-order valence-electron chi connectivity index (χ2n) is 5.02. The fourth-order valence-electron chi connectivity index (χ4n) is 2.53. The molecule has 0 atom stereocenters. The Morgan fingerprint density at radius 1 is 1.17 bits per heavy atom. The summed E-state index contributed by atoms with van der Waals surface area (Å²) >= 11 is 0. The van der Waals surface area contributed by atoms with E-state index in [-0.39, 0.29) is 11.7 Å². The average molecular weight is 310 g/mol. The number of pyridine rings is 1. The highest BCUT2D eigenvalue weighted by Gasteiger charge is 2.17. The number of nitrogens with one attached hydrogen (secondary N) is 1. The highest BCUT2D eigenvalue weighted by atomic mass is 19.1. The Labute approximate surface area is 129 Å². The number of hydrogen-bond donors (Lipinski definition) is 1. The molecule has 0 saturated carbocycles. The van der Waals surface area contributed by atoms with Crippen molar-refractivity contribution >= 4 is 5.52 Å². The summed E-state index contributed by atoms with van der Waals surface area (Å²) in [4.78, 5) is 15.7. The molecule has 1 N–H and O–H groups in total. The molecule has 6 nitrogen and oxygen atoms in total. The van der Waals surface area contributed by atoms with E-state index in [1.165, 1.54) is 6.07 Å². The molecule has 0 aliphatic rings. The largest absolute Gasteiger partial charge is 0.434 e. The first kappa shape index (κ1) is 13.4. The number of nitrogens with zero attached hydrogens (tertiary/aromatic N) is 3. The normalized spacial score (nSPS) is 11.2. The first-order valence-corrected chi connectivity index (χ1v) is 6.97. The van der Waals surface area contributed by atoms with E-state index in [1.54, 1.807) is 18.2 Å². The fraction of sp³-hybridized carbons (Fsp3) is 0.0625. The van der Waals surface area contributed by atoms with Gasteiger partial charge in [-0.05, 0) is 23.8 Å². The van der Waals surface area contributed by atoms with E-state index in [0.29, 0.717) is 23.5 Å². The zero-order valence-corrected chi connectivity index (χ0v) is 11.9. The number of aromatic amines is 1. The molecule has 0 bridgehead atoms. The van der Waals surface area contributed by atoms with E-state index in [0.717, 1.165) is 5.52 Å². The summed E-state index contributed by atoms with van der Waals surface area (Å²) in [6.45, 7) is 0. The molecule has 4 rings (SSSR count). The van der Waals surface area contributed by atoms with Crippen LogP contribution >= 0.6 is 0 Å². The van der Waals surface area contributed by atoms with Crippen LogP contribution < -0.4 is 5.76 Å². The molecule has 23 heavy (non-hydrogen) atoms. The summed E-state index contributed by atoms with van der Waals surface area (Å²) in [5.41, 5.74) is 1.71. The standard InChI is InChI=1S/C16H11FN4O2/c17-11-6-2-1-5-10(11)9-13-18-14(15-19-20-16(22)23-15)12-7-3-4-8-21(12)13/h1-8H,9H2,(H,20,22). The van der Waals surface area contributed by atoms with E-state index < -0.39 is 5.76 Å². The Bertz CT molecular complexity index is 1050. The molecule has 3 aromatic heterocycles. The Balaban J connectivity index is 1.88. The van der Waals surface area contributed by atoms with Crippen molar-refractivity contribution < 1.29 is 8.81 Å². The summed E-state index contributed by atoms with van der Waals surface area (Å²) in [6, 6.07) is 12.1. The van der Waals surface area contributed by atoms with Gasteiger partial charge < -0.3 is 8.82 Å². The van der Waals surface area contributed by atoms with Crippen LogP contribution in [0.5, 0.6) is 0 Å². The van der Waals surface area contributed by atoms with Crippen molar-refractivity contribution in [2.45, 2.75) is 6.42 Å². The van der Waals surface area contributed by atoms with E-state index in [4.69, 9.17) is 4.42 Å². The fourth-order valence-corrected chi connectivity index (χ4v) is 2.53. The maximum Gasteiger partial charge on any atom is 0.434 e. The van der Waals surface area contributed by atoms with Gasteiger partial charge in [0.15, 0.2) is 5.69 Å². The van der Waals surface area contributed by atoms with Gasteiger partial charge in [-0.25, -0.2) is 19.3 Å². The zero-order chi connectivity index (χ0) is 15.8. The van der Waals surface area contributed by atoms with Crippen LogP contribution in [0, 0.1) is 5.82 Å². The third-order valence-electron chi connectivity index (χ3n) is 3.57. The molecule has 1 aromatic carbocycles. The maximum atomic E-state index is 13.9. The number of halogens is 1. The predicted molar refractivity (Wildman–Crippen MR) is 80.5 cm³/mol. The van der Waals surface area contributed by atoms with Crippen molar-refractivity contribution in [1.29, 1.82) is 0 Å². The molecule has 0 radical (unpaired) electrons. The quantitative estimate of drug-likeness (QED) is 0.630. The van der Waals surface area contributed by atoms with E-state index in [1.807, 2.05) is 28.8 Å². The molecule has 0 amide bonds. The topological polar surface area (TPSA) is 76.2 Å². The minimum absolute atomic E-state index is 0.110. The van der Waals surface area contributed by atoms with Crippen LogP contribution in [0.3, 0.4) is 0 Å². The minimum atomic E-state index is -0.646. The highest BCUT2D eigenvalue weighted by molar-refractivity contribution is 5.72.